The molecule has 1 aliphatic rings. The lowest BCUT2D eigenvalue weighted by Gasteiger charge is -2.30. The van der Waals surface area contributed by atoms with Gasteiger partial charge in [0, 0.05) is 44.8 Å². The van der Waals surface area contributed by atoms with E-state index in [1.54, 1.807) is 15.7 Å². The number of amides is 2. The van der Waals surface area contributed by atoms with Crippen molar-refractivity contribution in [1.29, 1.82) is 0 Å². The molecule has 0 radical (unpaired) electrons. The maximum absolute atomic E-state index is 13.2. The lowest BCUT2D eigenvalue weighted by molar-refractivity contribution is 0.0727. The molecule has 0 saturated carbocycles. The van der Waals surface area contributed by atoms with E-state index in [-0.39, 0.29) is 28.6 Å². The van der Waals surface area contributed by atoms with E-state index < -0.39 is 0 Å². The fraction of sp³-hybridized carbons (Fsp3) is 0.292. The van der Waals surface area contributed by atoms with Gasteiger partial charge >= 0.3 is 0 Å². The summed E-state index contributed by atoms with van der Waals surface area (Å²) in [6.07, 6.45) is 7.34. The minimum absolute atomic E-state index is 0.184. The van der Waals surface area contributed by atoms with Gasteiger partial charge < -0.3 is 14.8 Å². The number of carbonyl (C=O) groups excluding carboxylic acids is 2. The summed E-state index contributed by atoms with van der Waals surface area (Å²) >= 11 is 0. The van der Waals surface area contributed by atoms with Crippen molar-refractivity contribution >= 4 is 11.8 Å². The minimum Gasteiger partial charge on any atom is -0.352 e. The molecule has 1 N–H and O–H groups in total. The Labute approximate surface area is 185 Å². The van der Waals surface area contributed by atoms with E-state index in [0.29, 0.717) is 39.0 Å². The Morgan fingerprint density at radius 2 is 1.97 bits per heavy atom. The van der Waals surface area contributed by atoms with Gasteiger partial charge in [0.15, 0.2) is 0 Å². The number of aromatic nitrogens is 3. The van der Waals surface area contributed by atoms with E-state index in [2.05, 4.69) is 15.3 Å². The molecular weight excluding hydrogens is 406 g/mol. The van der Waals surface area contributed by atoms with Crippen LogP contribution in [-0.4, -0.2) is 44.3 Å². The third-order valence-corrected chi connectivity index (χ3v) is 5.59. The zero-order valence-electron chi connectivity index (χ0n) is 18.0. The molecule has 3 aromatic rings. The highest BCUT2D eigenvalue weighted by molar-refractivity contribution is 5.96. The van der Waals surface area contributed by atoms with Crippen LogP contribution in [0.2, 0.25) is 0 Å². The number of hydrogen-bond donors (Lipinski definition) is 1. The van der Waals surface area contributed by atoms with Gasteiger partial charge in [-0.2, -0.15) is 0 Å². The Balaban J connectivity index is 1.67. The Kier molecular flexibility index (Phi) is 6.39. The Morgan fingerprint density at radius 3 is 2.69 bits per heavy atom. The number of nitrogens with one attached hydrogen (secondary N) is 1. The summed E-state index contributed by atoms with van der Waals surface area (Å²) in [5.74, 6) is -0.582. The predicted octanol–water partition coefficient (Wildman–Crippen LogP) is 1.83. The lowest BCUT2D eigenvalue weighted by atomic mass is 9.95. The summed E-state index contributed by atoms with van der Waals surface area (Å²) in [5.41, 5.74) is 2.80. The van der Waals surface area contributed by atoms with Crippen LogP contribution in [0.25, 0.3) is 0 Å². The first-order chi connectivity index (χ1) is 15.6. The molecule has 2 amide bonds. The molecule has 32 heavy (non-hydrogen) atoms. The third kappa shape index (κ3) is 4.44. The topological polar surface area (TPSA) is 97.2 Å². The number of pyridine rings is 1. The molecule has 8 heteroatoms. The summed E-state index contributed by atoms with van der Waals surface area (Å²) in [4.78, 5) is 48.6. The summed E-state index contributed by atoms with van der Waals surface area (Å²) in [5, 5.41) is 2.76. The number of nitrogens with zero attached hydrogens (tertiary/aromatic N) is 4. The fourth-order valence-corrected chi connectivity index (χ4v) is 4.00. The molecule has 1 aliphatic heterocycles. The van der Waals surface area contributed by atoms with Gasteiger partial charge in [0.25, 0.3) is 17.4 Å². The van der Waals surface area contributed by atoms with Crippen LogP contribution in [0.3, 0.4) is 0 Å². The molecule has 2 aromatic heterocycles. The molecule has 3 heterocycles. The standard InChI is InChI=1S/C24H25N5O3/c1-2-26-22(30)21-19-9-13-28(23(31)20-14-25-10-11-27-20)15-18(19)16-29(24(21)32)12-8-17-6-4-3-5-7-17/h3-7,10-11,14,16H,2,8-9,12-13,15H2,1H3,(H,26,30). The van der Waals surface area contributed by atoms with Crippen LogP contribution in [0.15, 0.2) is 59.9 Å². The summed E-state index contributed by atoms with van der Waals surface area (Å²) < 4.78 is 1.59. The van der Waals surface area contributed by atoms with Gasteiger partial charge in [0.2, 0.25) is 0 Å². The second kappa shape index (κ2) is 9.55. The molecule has 0 spiro atoms. The Bertz CT molecular complexity index is 1180. The van der Waals surface area contributed by atoms with E-state index >= 15 is 0 Å². The number of rotatable bonds is 6. The highest BCUT2D eigenvalue weighted by Crippen LogP contribution is 2.22. The van der Waals surface area contributed by atoms with Gasteiger partial charge in [0.1, 0.15) is 11.3 Å². The molecule has 0 saturated heterocycles. The largest absolute Gasteiger partial charge is 0.352 e. The highest BCUT2D eigenvalue weighted by atomic mass is 16.2. The number of fused-ring (bicyclic) bond motifs is 1. The van der Waals surface area contributed by atoms with E-state index in [1.165, 1.54) is 18.6 Å². The first-order valence-electron chi connectivity index (χ1n) is 10.7. The van der Waals surface area contributed by atoms with Crippen molar-refractivity contribution in [3.63, 3.8) is 0 Å². The molecule has 1 aromatic carbocycles. The van der Waals surface area contributed by atoms with E-state index in [9.17, 15) is 14.4 Å². The highest BCUT2D eigenvalue weighted by Gasteiger charge is 2.28. The third-order valence-electron chi connectivity index (χ3n) is 5.59. The molecule has 0 unspecified atom stereocenters. The van der Waals surface area contributed by atoms with Crippen LogP contribution in [0.5, 0.6) is 0 Å². The lowest BCUT2D eigenvalue weighted by Crippen LogP contribution is -2.41. The number of carbonyl (C=O) groups is 2. The maximum atomic E-state index is 13.2. The zero-order chi connectivity index (χ0) is 22.5. The number of hydrogen-bond acceptors (Lipinski definition) is 5. The van der Waals surface area contributed by atoms with Crippen LogP contribution < -0.4 is 10.9 Å². The molecule has 4 rings (SSSR count). The Morgan fingerprint density at radius 1 is 1.16 bits per heavy atom. The molecule has 0 bridgehead atoms. The van der Waals surface area contributed by atoms with Crippen molar-refractivity contribution in [2.45, 2.75) is 32.9 Å². The van der Waals surface area contributed by atoms with Crippen LogP contribution in [0.1, 0.15) is 44.5 Å². The first-order valence-corrected chi connectivity index (χ1v) is 10.7. The summed E-state index contributed by atoms with van der Waals surface area (Å²) in [6, 6.07) is 9.89. The van der Waals surface area contributed by atoms with Crippen molar-refractivity contribution in [2.24, 2.45) is 0 Å². The summed E-state index contributed by atoms with van der Waals surface area (Å²) in [6.45, 7) is 3.41. The van der Waals surface area contributed by atoms with Crippen molar-refractivity contribution < 1.29 is 9.59 Å². The second-order valence-corrected chi connectivity index (χ2v) is 7.67. The van der Waals surface area contributed by atoms with Gasteiger partial charge in [-0.1, -0.05) is 30.3 Å². The normalized spacial score (nSPS) is 12.8. The van der Waals surface area contributed by atoms with Crippen molar-refractivity contribution in [3.05, 3.63) is 93.4 Å². The average molecular weight is 431 g/mol. The monoisotopic (exact) mass is 431 g/mol. The SMILES string of the molecule is CCNC(=O)c1c2c(cn(CCc3ccccc3)c1=O)CN(C(=O)c1cnccn1)CC2. The quantitative estimate of drug-likeness (QED) is 0.642. The second-order valence-electron chi connectivity index (χ2n) is 7.67. The molecular formula is C24H25N5O3. The van der Waals surface area contributed by atoms with Crippen molar-refractivity contribution in [3.8, 4) is 0 Å². The Hall–Kier alpha value is -3.81. The minimum atomic E-state index is -0.364. The van der Waals surface area contributed by atoms with Crippen molar-refractivity contribution in [1.82, 2.24) is 24.8 Å². The van der Waals surface area contributed by atoms with Crippen LogP contribution >= 0.6 is 0 Å². The number of benzene rings is 1. The zero-order valence-corrected chi connectivity index (χ0v) is 18.0. The first kappa shape index (κ1) is 21.4. The molecule has 8 nitrogen and oxygen atoms in total. The van der Waals surface area contributed by atoms with Gasteiger partial charge in [-0.05, 0) is 36.5 Å². The molecule has 0 fully saturated rings. The van der Waals surface area contributed by atoms with Gasteiger partial charge in [-0.25, -0.2) is 4.98 Å². The maximum Gasteiger partial charge on any atom is 0.274 e. The van der Waals surface area contributed by atoms with Crippen LogP contribution in [0.4, 0.5) is 0 Å². The number of aryl methyl sites for hydroxylation is 2. The fourth-order valence-electron chi connectivity index (χ4n) is 4.00. The smallest absolute Gasteiger partial charge is 0.274 e. The molecule has 0 aliphatic carbocycles. The van der Waals surface area contributed by atoms with E-state index in [4.69, 9.17) is 0 Å². The van der Waals surface area contributed by atoms with E-state index in [0.717, 1.165) is 16.7 Å². The average Bonchev–Trinajstić information content (AvgIpc) is 2.83. The van der Waals surface area contributed by atoms with Gasteiger partial charge in [-0.15, -0.1) is 0 Å². The van der Waals surface area contributed by atoms with Crippen LogP contribution in [0, 0.1) is 0 Å². The molecule has 0 atom stereocenters. The van der Waals surface area contributed by atoms with Crippen molar-refractivity contribution in [2.75, 3.05) is 13.1 Å². The predicted molar refractivity (Wildman–Crippen MR) is 119 cm³/mol. The van der Waals surface area contributed by atoms with Crippen LogP contribution in [-0.2, 0) is 25.9 Å². The molecule has 164 valence electrons. The van der Waals surface area contributed by atoms with Gasteiger partial charge in [0.05, 0.1) is 6.20 Å². The summed E-state index contributed by atoms with van der Waals surface area (Å²) in [7, 11) is 0. The van der Waals surface area contributed by atoms with E-state index in [1.807, 2.05) is 37.3 Å². The van der Waals surface area contributed by atoms with Gasteiger partial charge in [-0.3, -0.25) is 19.4 Å².